The second kappa shape index (κ2) is 7.38. The summed E-state index contributed by atoms with van der Waals surface area (Å²) in [5.74, 6) is 1.08. The summed E-state index contributed by atoms with van der Waals surface area (Å²) >= 11 is 0. The molecule has 1 aromatic heterocycles. The lowest BCUT2D eigenvalue weighted by Gasteiger charge is -2.36. The largest absolute Gasteiger partial charge is 0.354 e. The maximum absolute atomic E-state index is 6.31. The topological polar surface area (TPSA) is 45.4 Å². The Morgan fingerprint density at radius 1 is 0.955 bits per heavy atom. The summed E-state index contributed by atoms with van der Waals surface area (Å²) in [5.41, 5.74) is 7.64. The highest BCUT2D eigenvalue weighted by atomic mass is 15.3. The van der Waals surface area contributed by atoms with Gasteiger partial charge < -0.3 is 10.6 Å². The second-order valence-corrected chi connectivity index (χ2v) is 5.93. The maximum atomic E-state index is 6.31. The number of nitrogens with two attached hydrogens (primary N) is 1. The van der Waals surface area contributed by atoms with Gasteiger partial charge in [-0.05, 0) is 24.1 Å². The molecule has 4 nitrogen and oxygen atoms in total. The SMILES string of the molecule is N[C@@H](Cc1ccccc1)CN1CCN(c2ccccn2)CC1. The molecule has 0 bridgehead atoms. The predicted octanol–water partition coefficient (Wildman–Crippen LogP) is 1.77. The molecular formula is C18H24N4. The first-order valence-corrected chi connectivity index (χ1v) is 7.99. The van der Waals surface area contributed by atoms with Crippen molar-refractivity contribution in [3.05, 3.63) is 60.3 Å². The number of anilines is 1. The fourth-order valence-electron chi connectivity index (χ4n) is 3.01. The number of nitrogens with zero attached hydrogens (tertiary/aromatic N) is 3. The lowest BCUT2D eigenvalue weighted by atomic mass is 10.1. The predicted molar refractivity (Wildman–Crippen MR) is 91.0 cm³/mol. The molecule has 1 aromatic carbocycles. The Bertz CT molecular complexity index is 550. The average molecular weight is 296 g/mol. The van der Waals surface area contributed by atoms with Gasteiger partial charge in [0.2, 0.25) is 0 Å². The third kappa shape index (κ3) is 4.06. The van der Waals surface area contributed by atoms with Gasteiger partial charge >= 0.3 is 0 Å². The standard InChI is InChI=1S/C18H24N4/c19-17(14-16-6-2-1-3-7-16)15-21-10-12-22(13-11-21)18-8-4-5-9-20-18/h1-9,17H,10-15,19H2/t17-/m0/s1. The third-order valence-corrected chi connectivity index (χ3v) is 4.18. The van der Waals surface area contributed by atoms with Gasteiger partial charge in [-0.25, -0.2) is 4.98 Å². The van der Waals surface area contributed by atoms with Crippen LogP contribution in [0.5, 0.6) is 0 Å². The van der Waals surface area contributed by atoms with E-state index >= 15 is 0 Å². The van der Waals surface area contributed by atoms with E-state index in [1.807, 2.05) is 24.4 Å². The van der Waals surface area contributed by atoms with E-state index in [4.69, 9.17) is 5.73 Å². The first-order chi connectivity index (χ1) is 10.8. The van der Waals surface area contributed by atoms with Crippen LogP contribution >= 0.6 is 0 Å². The summed E-state index contributed by atoms with van der Waals surface area (Å²) in [7, 11) is 0. The van der Waals surface area contributed by atoms with Crippen molar-refractivity contribution >= 4 is 5.82 Å². The van der Waals surface area contributed by atoms with Crippen LogP contribution in [0.1, 0.15) is 5.56 Å². The molecule has 22 heavy (non-hydrogen) atoms. The van der Waals surface area contributed by atoms with Crippen molar-refractivity contribution in [2.75, 3.05) is 37.6 Å². The molecule has 2 N–H and O–H groups in total. The molecule has 1 saturated heterocycles. The van der Waals surface area contributed by atoms with Crippen LogP contribution in [0.4, 0.5) is 5.82 Å². The summed E-state index contributed by atoms with van der Waals surface area (Å²) < 4.78 is 0. The van der Waals surface area contributed by atoms with Crippen LogP contribution in [0.2, 0.25) is 0 Å². The van der Waals surface area contributed by atoms with Gasteiger partial charge in [0.25, 0.3) is 0 Å². The average Bonchev–Trinajstić information content (AvgIpc) is 2.57. The first-order valence-electron chi connectivity index (χ1n) is 7.99. The maximum Gasteiger partial charge on any atom is 0.128 e. The molecule has 2 aromatic rings. The van der Waals surface area contributed by atoms with Crippen molar-refractivity contribution in [1.29, 1.82) is 0 Å². The fourth-order valence-corrected chi connectivity index (χ4v) is 3.01. The van der Waals surface area contributed by atoms with Crippen molar-refractivity contribution in [3.63, 3.8) is 0 Å². The van der Waals surface area contributed by atoms with Crippen molar-refractivity contribution < 1.29 is 0 Å². The van der Waals surface area contributed by atoms with Crippen LogP contribution in [0.25, 0.3) is 0 Å². The Labute approximate surface area is 132 Å². The number of pyridine rings is 1. The normalized spacial score (nSPS) is 17.4. The lowest BCUT2D eigenvalue weighted by molar-refractivity contribution is 0.241. The monoisotopic (exact) mass is 296 g/mol. The third-order valence-electron chi connectivity index (χ3n) is 4.18. The van der Waals surface area contributed by atoms with Gasteiger partial charge in [0.15, 0.2) is 0 Å². The van der Waals surface area contributed by atoms with Crippen molar-refractivity contribution in [2.24, 2.45) is 5.73 Å². The summed E-state index contributed by atoms with van der Waals surface area (Å²) in [6.07, 6.45) is 2.80. The quantitative estimate of drug-likeness (QED) is 0.913. The van der Waals surface area contributed by atoms with Crippen LogP contribution in [-0.2, 0) is 6.42 Å². The number of hydrogen-bond acceptors (Lipinski definition) is 4. The Morgan fingerprint density at radius 3 is 2.36 bits per heavy atom. The molecule has 116 valence electrons. The number of benzene rings is 1. The summed E-state index contributed by atoms with van der Waals surface area (Å²) in [6.45, 7) is 5.12. The van der Waals surface area contributed by atoms with Crippen LogP contribution in [-0.4, -0.2) is 48.6 Å². The number of hydrogen-bond donors (Lipinski definition) is 1. The zero-order chi connectivity index (χ0) is 15.2. The fraction of sp³-hybridized carbons (Fsp3) is 0.389. The zero-order valence-electron chi connectivity index (χ0n) is 12.9. The molecule has 0 spiro atoms. The van der Waals surface area contributed by atoms with Crippen LogP contribution in [0.15, 0.2) is 54.7 Å². The summed E-state index contributed by atoms with van der Waals surface area (Å²) in [5, 5.41) is 0. The molecular weight excluding hydrogens is 272 g/mol. The number of aromatic nitrogens is 1. The highest BCUT2D eigenvalue weighted by Gasteiger charge is 2.19. The van der Waals surface area contributed by atoms with Crippen molar-refractivity contribution in [1.82, 2.24) is 9.88 Å². The molecule has 2 heterocycles. The van der Waals surface area contributed by atoms with Crippen LogP contribution in [0.3, 0.4) is 0 Å². The first kappa shape index (κ1) is 15.0. The van der Waals surface area contributed by atoms with Gasteiger partial charge in [-0.1, -0.05) is 36.4 Å². The minimum absolute atomic E-state index is 0.198. The van der Waals surface area contributed by atoms with E-state index in [2.05, 4.69) is 45.1 Å². The van der Waals surface area contributed by atoms with Crippen LogP contribution in [0, 0.1) is 0 Å². The molecule has 1 aliphatic rings. The van der Waals surface area contributed by atoms with Crippen molar-refractivity contribution in [2.45, 2.75) is 12.5 Å². The zero-order valence-corrected chi connectivity index (χ0v) is 12.9. The van der Waals surface area contributed by atoms with E-state index in [1.165, 1.54) is 5.56 Å². The number of piperazine rings is 1. The molecule has 1 fully saturated rings. The molecule has 1 aliphatic heterocycles. The Morgan fingerprint density at radius 2 is 1.68 bits per heavy atom. The van der Waals surface area contributed by atoms with E-state index in [-0.39, 0.29) is 6.04 Å². The summed E-state index contributed by atoms with van der Waals surface area (Å²) in [6, 6.07) is 16.8. The van der Waals surface area contributed by atoms with Gasteiger partial charge in [-0.3, -0.25) is 4.90 Å². The van der Waals surface area contributed by atoms with Crippen molar-refractivity contribution in [3.8, 4) is 0 Å². The molecule has 0 saturated carbocycles. The van der Waals surface area contributed by atoms with Crippen LogP contribution < -0.4 is 10.6 Å². The van der Waals surface area contributed by atoms with Gasteiger partial charge in [-0.2, -0.15) is 0 Å². The van der Waals surface area contributed by atoms with E-state index in [1.54, 1.807) is 0 Å². The molecule has 0 unspecified atom stereocenters. The van der Waals surface area contributed by atoms with Gasteiger partial charge in [0, 0.05) is 45.0 Å². The van der Waals surface area contributed by atoms with E-state index in [0.29, 0.717) is 0 Å². The molecule has 1 atom stereocenters. The highest BCUT2D eigenvalue weighted by Crippen LogP contribution is 2.13. The van der Waals surface area contributed by atoms with E-state index in [0.717, 1.165) is 45.0 Å². The van der Waals surface area contributed by atoms with Gasteiger partial charge in [0.1, 0.15) is 5.82 Å². The smallest absolute Gasteiger partial charge is 0.128 e. The Kier molecular flexibility index (Phi) is 5.03. The minimum Gasteiger partial charge on any atom is -0.354 e. The molecule has 0 amide bonds. The highest BCUT2D eigenvalue weighted by molar-refractivity contribution is 5.38. The molecule has 4 heteroatoms. The minimum atomic E-state index is 0.198. The lowest BCUT2D eigenvalue weighted by Crippen LogP contribution is -2.50. The molecule has 3 rings (SSSR count). The second-order valence-electron chi connectivity index (χ2n) is 5.93. The van der Waals surface area contributed by atoms with E-state index in [9.17, 15) is 0 Å². The Balaban J connectivity index is 1.46. The molecule has 0 aliphatic carbocycles. The number of rotatable bonds is 5. The molecule has 0 radical (unpaired) electrons. The van der Waals surface area contributed by atoms with E-state index < -0.39 is 0 Å². The van der Waals surface area contributed by atoms with Gasteiger partial charge in [0.05, 0.1) is 0 Å². The van der Waals surface area contributed by atoms with Gasteiger partial charge in [-0.15, -0.1) is 0 Å². The summed E-state index contributed by atoms with van der Waals surface area (Å²) in [4.78, 5) is 9.24. The Hall–Kier alpha value is -1.91.